The van der Waals surface area contributed by atoms with E-state index in [1.54, 1.807) is 0 Å². The topological polar surface area (TPSA) is 9.72 Å². The number of hydrazine groups is 1. The van der Waals surface area contributed by atoms with Crippen LogP contribution >= 0.6 is 0 Å². The molecule has 0 atom stereocenters. The highest BCUT2D eigenvalue weighted by molar-refractivity contribution is 4.73. The predicted octanol–water partition coefficient (Wildman–Crippen LogP) is 1.76. The van der Waals surface area contributed by atoms with Crippen molar-refractivity contribution in [3.05, 3.63) is 0 Å². The van der Waals surface area contributed by atoms with Crippen molar-refractivity contribution in [3.8, 4) is 0 Å². The molecule has 16 heavy (non-hydrogen) atoms. The third-order valence-electron chi connectivity index (χ3n) is 3.81. The quantitative estimate of drug-likeness (QED) is 0.708. The van der Waals surface area contributed by atoms with Gasteiger partial charge in [0.25, 0.3) is 0 Å². The lowest BCUT2D eigenvalue weighted by Crippen LogP contribution is -2.47. The third kappa shape index (κ3) is 4.40. The van der Waals surface area contributed by atoms with E-state index in [9.17, 15) is 0 Å². The lowest BCUT2D eigenvalue weighted by Gasteiger charge is -2.39. The van der Waals surface area contributed by atoms with E-state index in [1.165, 1.54) is 25.9 Å². The maximum Gasteiger partial charge on any atom is 0.0257 e. The molecule has 0 spiro atoms. The second kappa shape index (κ2) is 6.58. The summed E-state index contributed by atoms with van der Waals surface area (Å²) in [5, 5.41) is 4.92. The molecule has 1 saturated heterocycles. The first-order valence-electron chi connectivity index (χ1n) is 6.61. The zero-order chi connectivity index (χ0) is 12.1. The number of likely N-dealkylation sites (N-methyl/N-ethyl adjacent to an activating group) is 2. The van der Waals surface area contributed by atoms with Gasteiger partial charge in [0, 0.05) is 33.2 Å². The summed E-state index contributed by atoms with van der Waals surface area (Å²) in [7, 11) is 6.50. The Morgan fingerprint density at radius 3 is 2.06 bits per heavy atom. The Hall–Kier alpha value is -0.120. The zero-order valence-corrected chi connectivity index (χ0v) is 11.7. The highest BCUT2D eigenvalue weighted by atomic mass is 15.6. The van der Waals surface area contributed by atoms with Crippen LogP contribution in [0.2, 0.25) is 0 Å². The lowest BCUT2D eigenvalue weighted by molar-refractivity contribution is -0.0356. The van der Waals surface area contributed by atoms with Crippen LogP contribution in [-0.2, 0) is 0 Å². The molecule has 0 N–H and O–H groups in total. The Bertz CT molecular complexity index is 184. The van der Waals surface area contributed by atoms with Crippen molar-refractivity contribution in [2.45, 2.75) is 26.7 Å². The average Bonchev–Trinajstić information content (AvgIpc) is 2.26. The van der Waals surface area contributed by atoms with Crippen molar-refractivity contribution >= 4 is 0 Å². The number of hydrogen-bond donors (Lipinski definition) is 0. The van der Waals surface area contributed by atoms with Gasteiger partial charge in [-0.3, -0.25) is 0 Å². The molecule has 3 heteroatoms. The fourth-order valence-electron chi connectivity index (χ4n) is 2.38. The van der Waals surface area contributed by atoms with Crippen molar-refractivity contribution in [2.24, 2.45) is 11.8 Å². The molecule has 1 heterocycles. The Labute approximate surface area is 101 Å². The van der Waals surface area contributed by atoms with Crippen molar-refractivity contribution in [1.29, 1.82) is 0 Å². The van der Waals surface area contributed by atoms with E-state index in [0.717, 1.165) is 24.9 Å². The van der Waals surface area contributed by atoms with Gasteiger partial charge in [0.2, 0.25) is 0 Å². The summed E-state index contributed by atoms with van der Waals surface area (Å²) in [4.78, 5) is 2.25. The first-order valence-corrected chi connectivity index (χ1v) is 6.61. The lowest BCUT2D eigenvalue weighted by atomic mass is 9.87. The van der Waals surface area contributed by atoms with Crippen LogP contribution in [-0.4, -0.2) is 62.2 Å². The molecule has 0 saturated carbocycles. The first kappa shape index (κ1) is 13.9. The smallest absolute Gasteiger partial charge is 0.0257 e. The Kier molecular flexibility index (Phi) is 5.73. The maximum absolute atomic E-state index is 2.52. The molecule has 0 amide bonds. The number of piperidine rings is 1. The Balaban J connectivity index is 2.24. The van der Waals surface area contributed by atoms with Gasteiger partial charge in [0.1, 0.15) is 0 Å². The standard InChI is InChI=1S/C13H29N3/c1-12(2)13-6-8-16(9-7-13)15(5)11-10-14(3)4/h12-13H,6-11H2,1-5H3. The van der Waals surface area contributed by atoms with Gasteiger partial charge in [-0.05, 0) is 38.8 Å². The molecule has 96 valence electrons. The third-order valence-corrected chi connectivity index (χ3v) is 3.81. The minimum atomic E-state index is 0.856. The van der Waals surface area contributed by atoms with Gasteiger partial charge in [-0.25, -0.2) is 10.0 Å². The van der Waals surface area contributed by atoms with Crippen molar-refractivity contribution < 1.29 is 0 Å². The fourth-order valence-corrected chi connectivity index (χ4v) is 2.38. The number of nitrogens with zero attached hydrogens (tertiary/aromatic N) is 3. The van der Waals surface area contributed by atoms with Gasteiger partial charge in [-0.2, -0.15) is 0 Å². The highest BCUT2D eigenvalue weighted by Gasteiger charge is 2.23. The molecule has 1 fully saturated rings. The van der Waals surface area contributed by atoms with E-state index < -0.39 is 0 Å². The predicted molar refractivity (Wildman–Crippen MR) is 70.3 cm³/mol. The zero-order valence-electron chi connectivity index (χ0n) is 11.7. The van der Waals surface area contributed by atoms with E-state index >= 15 is 0 Å². The molecule has 0 aromatic carbocycles. The van der Waals surface area contributed by atoms with Crippen LogP contribution in [0.4, 0.5) is 0 Å². The van der Waals surface area contributed by atoms with E-state index in [4.69, 9.17) is 0 Å². The minimum Gasteiger partial charge on any atom is -0.308 e. The monoisotopic (exact) mass is 227 g/mol. The van der Waals surface area contributed by atoms with Crippen LogP contribution in [0, 0.1) is 11.8 Å². The summed E-state index contributed by atoms with van der Waals surface area (Å²) in [6, 6.07) is 0. The van der Waals surface area contributed by atoms with Gasteiger partial charge in [0.15, 0.2) is 0 Å². The fraction of sp³-hybridized carbons (Fsp3) is 1.00. The van der Waals surface area contributed by atoms with Crippen LogP contribution in [0.3, 0.4) is 0 Å². The summed E-state index contributed by atoms with van der Waals surface area (Å²) in [6.07, 6.45) is 2.73. The van der Waals surface area contributed by atoms with E-state index in [-0.39, 0.29) is 0 Å². The van der Waals surface area contributed by atoms with Crippen molar-refractivity contribution in [2.75, 3.05) is 47.3 Å². The largest absolute Gasteiger partial charge is 0.308 e. The van der Waals surface area contributed by atoms with Crippen molar-refractivity contribution in [3.63, 3.8) is 0 Å². The maximum atomic E-state index is 2.52. The van der Waals surface area contributed by atoms with E-state index in [0.29, 0.717) is 0 Å². The van der Waals surface area contributed by atoms with Gasteiger partial charge in [-0.15, -0.1) is 0 Å². The van der Waals surface area contributed by atoms with Gasteiger partial charge >= 0.3 is 0 Å². The molecule has 0 aliphatic carbocycles. The second-order valence-electron chi connectivity index (χ2n) is 5.72. The van der Waals surface area contributed by atoms with Gasteiger partial charge in [0.05, 0.1) is 0 Å². The molecule has 1 aliphatic rings. The summed E-state index contributed by atoms with van der Waals surface area (Å²) in [5.41, 5.74) is 0. The molecule has 0 bridgehead atoms. The Morgan fingerprint density at radius 2 is 1.62 bits per heavy atom. The van der Waals surface area contributed by atoms with Gasteiger partial charge in [-0.1, -0.05) is 13.8 Å². The van der Waals surface area contributed by atoms with Crippen LogP contribution in [0.5, 0.6) is 0 Å². The van der Waals surface area contributed by atoms with Crippen molar-refractivity contribution in [1.82, 2.24) is 14.9 Å². The average molecular weight is 227 g/mol. The summed E-state index contributed by atoms with van der Waals surface area (Å²) in [6.45, 7) is 9.48. The Morgan fingerprint density at radius 1 is 1.06 bits per heavy atom. The SMILES string of the molecule is CC(C)C1CCN(N(C)CCN(C)C)CC1. The molecule has 0 aromatic rings. The summed E-state index contributed by atoms with van der Waals surface area (Å²) < 4.78 is 0. The molecule has 3 nitrogen and oxygen atoms in total. The molecular formula is C13H29N3. The molecule has 0 aromatic heterocycles. The van der Waals surface area contributed by atoms with Crippen LogP contribution in [0.25, 0.3) is 0 Å². The molecule has 0 radical (unpaired) electrons. The molecule has 0 unspecified atom stereocenters. The normalized spacial score (nSPS) is 20.2. The summed E-state index contributed by atoms with van der Waals surface area (Å²) >= 11 is 0. The molecule has 1 rings (SSSR count). The number of rotatable bonds is 5. The summed E-state index contributed by atoms with van der Waals surface area (Å²) in [5.74, 6) is 1.80. The highest BCUT2D eigenvalue weighted by Crippen LogP contribution is 2.24. The van der Waals surface area contributed by atoms with Crippen LogP contribution in [0.1, 0.15) is 26.7 Å². The van der Waals surface area contributed by atoms with Crippen LogP contribution < -0.4 is 0 Å². The van der Waals surface area contributed by atoms with Crippen LogP contribution in [0.15, 0.2) is 0 Å². The number of hydrogen-bond acceptors (Lipinski definition) is 3. The second-order valence-corrected chi connectivity index (χ2v) is 5.72. The molecular weight excluding hydrogens is 198 g/mol. The first-order chi connectivity index (χ1) is 7.50. The van der Waals surface area contributed by atoms with Gasteiger partial charge < -0.3 is 4.90 Å². The minimum absolute atomic E-state index is 0.856. The van der Waals surface area contributed by atoms with E-state index in [2.05, 4.69) is 49.9 Å². The molecule has 1 aliphatic heterocycles. The van der Waals surface area contributed by atoms with E-state index in [1.807, 2.05) is 0 Å².